The lowest BCUT2D eigenvalue weighted by atomic mass is 10.1. The van der Waals surface area contributed by atoms with Crippen LogP contribution < -0.4 is 15.0 Å². The summed E-state index contributed by atoms with van der Waals surface area (Å²) in [5, 5.41) is 3.60. The van der Waals surface area contributed by atoms with Crippen molar-refractivity contribution in [2.45, 2.75) is 44.7 Å². The maximum atomic E-state index is 11.9. The van der Waals surface area contributed by atoms with Gasteiger partial charge in [-0.3, -0.25) is 4.79 Å². The Morgan fingerprint density at radius 3 is 2.95 bits per heavy atom. The summed E-state index contributed by atoms with van der Waals surface area (Å²) < 4.78 is 5.64. The number of ether oxygens (including phenoxy) is 1. The Morgan fingerprint density at radius 2 is 2.15 bits per heavy atom. The monoisotopic (exact) mass is 274 g/mol. The molecular formula is C16H22N2O2. The molecule has 0 radical (unpaired) electrons. The van der Waals surface area contributed by atoms with E-state index in [9.17, 15) is 4.79 Å². The highest BCUT2D eigenvalue weighted by Crippen LogP contribution is 2.31. The Balaban J connectivity index is 1.73. The van der Waals surface area contributed by atoms with Crippen LogP contribution in [0.1, 0.15) is 37.7 Å². The Kier molecular flexibility index (Phi) is 3.92. The predicted octanol–water partition coefficient (Wildman–Crippen LogP) is 2.46. The van der Waals surface area contributed by atoms with Gasteiger partial charge in [-0.2, -0.15) is 0 Å². The van der Waals surface area contributed by atoms with Crippen molar-refractivity contribution in [1.29, 1.82) is 0 Å². The van der Waals surface area contributed by atoms with Crippen molar-refractivity contribution in [3.8, 4) is 5.75 Å². The zero-order valence-electron chi connectivity index (χ0n) is 12.0. The van der Waals surface area contributed by atoms with Gasteiger partial charge in [-0.25, -0.2) is 0 Å². The van der Waals surface area contributed by atoms with Crippen LogP contribution in [0.3, 0.4) is 0 Å². The summed E-state index contributed by atoms with van der Waals surface area (Å²) in [5.41, 5.74) is 2.10. The van der Waals surface area contributed by atoms with E-state index >= 15 is 0 Å². The molecule has 0 atom stereocenters. The number of hydrogen-bond donors (Lipinski definition) is 1. The van der Waals surface area contributed by atoms with Crippen LogP contribution in [0.15, 0.2) is 18.2 Å². The van der Waals surface area contributed by atoms with Crippen molar-refractivity contribution in [2.24, 2.45) is 0 Å². The van der Waals surface area contributed by atoms with E-state index in [-0.39, 0.29) is 5.91 Å². The first-order valence-corrected chi connectivity index (χ1v) is 7.50. The van der Waals surface area contributed by atoms with Gasteiger partial charge in [0.2, 0.25) is 5.91 Å². The normalized spacial score (nSPS) is 19.6. The smallest absolute Gasteiger partial charge is 0.230 e. The number of carbonyl (C=O) groups is 1. The Hall–Kier alpha value is -1.55. The lowest BCUT2D eigenvalue weighted by Gasteiger charge is -2.18. The zero-order valence-corrected chi connectivity index (χ0v) is 12.0. The van der Waals surface area contributed by atoms with Gasteiger partial charge in [-0.15, -0.1) is 0 Å². The highest BCUT2D eigenvalue weighted by molar-refractivity contribution is 5.95. The molecule has 108 valence electrons. The minimum Gasteiger partial charge on any atom is -0.491 e. The third-order valence-electron chi connectivity index (χ3n) is 4.28. The van der Waals surface area contributed by atoms with Gasteiger partial charge >= 0.3 is 0 Å². The number of anilines is 1. The van der Waals surface area contributed by atoms with Crippen molar-refractivity contribution in [3.05, 3.63) is 23.8 Å². The van der Waals surface area contributed by atoms with Crippen LogP contribution in [0.25, 0.3) is 0 Å². The lowest BCUT2D eigenvalue weighted by Crippen LogP contribution is -2.26. The minimum absolute atomic E-state index is 0.115. The molecule has 1 aliphatic carbocycles. The predicted molar refractivity (Wildman–Crippen MR) is 79.1 cm³/mol. The molecule has 1 heterocycles. The van der Waals surface area contributed by atoms with Gasteiger partial charge in [0.05, 0.1) is 18.7 Å². The SMILES string of the molecule is CN1C(=O)CCOc2ccc(CNC3CCCC3)cc21. The molecular weight excluding hydrogens is 252 g/mol. The minimum atomic E-state index is 0.115. The van der Waals surface area contributed by atoms with E-state index in [1.807, 2.05) is 13.1 Å². The molecule has 1 N–H and O–H groups in total. The van der Waals surface area contributed by atoms with E-state index in [4.69, 9.17) is 4.74 Å². The number of carbonyl (C=O) groups excluding carboxylic acids is 1. The van der Waals surface area contributed by atoms with E-state index in [2.05, 4.69) is 17.4 Å². The standard InChI is InChI=1S/C16H22N2O2/c1-18-14-10-12(11-17-13-4-2-3-5-13)6-7-15(14)20-9-8-16(18)19/h6-7,10,13,17H,2-5,8-9,11H2,1H3. The van der Waals surface area contributed by atoms with Gasteiger partial charge in [0.1, 0.15) is 5.75 Å². The molecule has 4 nitrogen and oxygen atoms in total. The van der Waals surface area contributed by atoms with E-state index in [0.717, 1.165) is 18.0 Å². The zero-order chi connectivity index (χ0) is 13.9. The first-order valence-electron chi connectivity index (χ1n) is 7.50. The van der Waals surface area contributed by atoms with Gasteiger partial charge in [0.15, 0.2) is 0 Å². The molecule has 1 saturated carbocycles. The van der Waals surface area contributed by atoms with E-state index in [0.29, 0.717) is 19.1 Å². The second-order valence-electron chi connectivity index (χ2n) is 5.72. The van der Waals surface area contributed by atoms with Crippen molar-refractivity contribution in [1.82, 2.24) is 5.32 Å². The number of nitrogens with one attached hydrogen (secondary N) is 1. The molecule has 1 aromatic carbocycles. The van der Waals surface area contributed by atoms with Gasteiger partial charge in [0.25, 0.3) is 0 Å². The summed E-state index contributed by atoms with van der Waals surface area (Å²) in [4.78, 5) is 13.6. The van der Waals surface area contributed by atoms with Crippen molar-refractivity contribution >= 4 is 11.6 Å². The van der Waals surface area contributed by atoms with Crippen LogP contribution in [-0.2, 0) is 11.3 Å². The summed E-state index contributed by atoms with van der Waals surface area (Å²) in [6.07, 6.45) is 5.69. The summed E-state index contributed by atoms with van der Waals surface area (Å²) in [6, 6.07) is 6.80. The molecule has 0 aromatic heterocycles. The number of amides is 1. The molecule has 1 amide bonds. The summed E-state index contributed by atoms with van der Waals surface area (Å²) in [6.45, 7) is 1.33. The lowest BCUT2D eigenvalue weighted by molar-refractivity contribution is -0.118. The average Bonchev–Trinajstić information content (AvgIpc) is 2.93. The van der Waals surface area contributed by atoms with Crippen molar-refractivity contribution < 1.29 is 9.53 Å². The molecule has 4 heteroatoms. The van der Waals surface area contributed by atoms with Crippen LogP contribution in [0.4, 0.5) is 5.69 Å². The second kappa shape index (κ2) is 5.83. The van der Waals surface area contributed by atoms with Crippen LogP contribution in [0.2, 0.25) is 0 Å². The number of rotatable bonds is 3. The topological polar surface area (TPSA) is 41.6 Å². The van der Waals surface area contributed by atoms with Crippen molar-refractivity contribution in [3.63, 3.8) is 0 Å². The highest BCUT2D eigenvalue weighted by atomic mass is 16.5. The molecule has 20 heavy (non-hydrogen) atoms. The Bertz CT molecular complexity index is 495. The second-order valence-corrected chi connectivity index (χ2v) is 5.72. The fourth-order valence-electron chi connectivity index (χ4n) is 3.00. The largest absolute Gasteiger partial charge is 0.491 e. The maximum absolute atomic E-state index is 11.9. The number of fused-ring (bicyclic) bond motifs is 1. The molecule has 0 unspecified atom stereocenters. The van der Waals surface area contributed by atoms with Gasteiger partial charge < -0.3 is 15.0 Å². The molecule has 0 bridgehead atoms. The number of hydrogen-bond acceptors (Lipinski definition) is 3. The van der Waals surface area contributed by atoms with Crippen LogP contribution in [0, 0.1) is 0 Å². The first-order chi connectivity index (χ1) is 9.74. The third-order valence-corrected chi connectivity index (χ3v) is 4.28. The summed E-state index contributed by atoms with van der Waals surface area (Å²) >= 11 is 0. The molecule has 0 saturated heterocycles. The van der Waals surface area contributed by atoms with Crippen molar-refractivity contribution in [2.75, 3.05) is 18.6 Å². The Morgan fingerprint density at radius 1 is 1.35 bits per heavy atom. The van der Waals surface area contributed by atoms with Crippen LogP contribution in [0.5, 0.6) is 5.75 Å². The molecule has 0 spiro atoms. The Labute approximate surface area is 120 Å². The third kappa shape index (κ3) is 2.80. The van der Waals surface area contributed by atoms with E-state index in [1.54, 1.807) is 4.90 Å². The molecule has 3 rings (SSSR count). The quantitative estimate of drug-likeness (QED) is 0.920. The average molecular weight is 274 g/mol. The van der Waals surface area contributed by atoms with Gasteiger partial charge in [0, 0.05) is 19.6 Å². The van der Waals surface area contributed by atoms with E-state index in [1.165, 1.54) is 31.2 Å². The number of benzene rings is 1. The molecule has 1 fully saturated rings. The fraction of sp³-hybridized carbons (Fsp3) is 0.562. The summed E-state index contributed by atoms with van der Waals surface area (Å²) in [5.74, 6) is 0.924. The highest BCUT2D eigenvalue weighted by Gasteiger charge is 2.20. The first kappa shape index (κ1) is 13.4. The molecule has 2 aliphatic rings. The van der Waals surface area contributed by atoms with Crippen LogP contribution in [-0.4, -0.2) is 25.6 Å². The van der Waals surface area contributed by atoms with E-state index < -0.39 is 0 Å². The van der Waals surface area contributed by atoms with Crippen LogP contribution >= 0.6 is 0 Å². The molecule has 1 aliphatic heterocycles. The fourth-order valence-corrected chi connectivity index (χ4v) is 3.00. The maximum Gasteiger partial charge on any atom is 0.230 e. The molecule has 1 aromatic rings. The van der Waals surface area contributed by atoms with Gasteiger partial charge in [-0.05, 0) is 30.5 Å². The number of nitrogens with zero attached hydrogens (tertiary/aromatic N) is 1. The van der Waals surface area contributed by atoms with Gasteiger partial charge in [-0.1, -0.05) is 18.9 Å². The summed E-state index contributed by atoms with van der Waals surface area (Å²) in [7, 11) is 1.82.